The van der Waals surface area contributed by atoms with Crippen molar-refractivity contribution >= 4 is 5.91 Å². The smallest absolute Gasteiger partial charge is 0.231 e. The number of likely N-dealkylation sites (tertiary alicyclic amines) is 1. The number of piperidine rings is 1. The minimum absolute atomic E-state index is 0.0474. The highest BCUT2D eigenvalue weighted by molar-refractivity contribution is 5.76. The van der Waals surface area contributed by atoms with Crippen molar-refractivity contribution in [3.63, 3.8) is 0 Å². The van der Waals surface area contributed by atoms with E-state index in [2.05, 4.69) is 25.9 Å². The molecule has 3 unspecified atom stereocenters. The Kier molecular flexibility index (Phi) is 5.26. The summed E-state index contributed by atoms with van der Waals surface area (Å²) < 4.78 is 5.65. The van der Waals surface area contributed by atoms with Gasteiger partial charge < -0.3 is 9.42 Å². The van der Waals surface area contributed by atoms with E-state index in [9.17, 15) is 4.79 Å². The van der Waals surface area contributed by atoms with Crippen LogP contribution in [-0.2, 0) is 10.2 Å². The number of amides is 1. The maximum atomic E-state index is 12.2. The van der Waals surface area contributed by atoms with E-state index in [1.54, 1.807) is 0 Å². The molecule has 5 heteroatoms. The van der Waals surface area contributed by atoms with Gasteiger partial charge in [-0.2, -0.15) is 4.98 Å². The fraction of sp³-hybridized carbons (Fsp3) is 0.842. The monoisotopic (exact) mass is 333 g/mol. The van der Waals surface area contributed by atoms with Gasteiger partial charge in [0, 0.05) is 24.9 Å². The molecule has 0 bridgehead atoms. The first kappa shape index (κ1) is 17.4. The Hall–Kier alpha value is -1.39. The molecule has 5 nitrogen and oxygen atoms in total. The number of nitrogens with zero attached hydrogens (tertiary/aromatic N) is 3. The van der Waals surface area contributed by atoms with Gasteiger partial charge in [0.05, 0.1) is 5.92 Å². The highest BCUT2D eigenvalue weighted by atomic mass is 16.5. The van der Waals surface area contributed by atoms with Gasteiger partial charge in [-0.1, -0.05) is 38.8 Å². The minimum Gasteiger partial charge on any atom is -0.342 e. The van der Waals surface area contributed by atoms with Crippen molar-refractivity contribution in [3.05, 3.63) is 11.7 Å². The number of carbonyl (C=O) groups excluding carboxylic acids is 1. The number of rotatable bonds is 4. The summed E-state index contributed by atoms with van der Waals surface area (Å²) in [5.74, 6) is 2.79. The molecular formula is C19H31N3O2. The van der Waals surface area contributed by atoms with Gasteiger partial charge in [0.1, 0.15) is 0 Å². The van der Waals surface area contributed by atoms with Crippen LogP contribution >= 0.6 is 0 Å². The molecule has 1 aromatic heterocycles. The molecule has 134 valence electrons. The largest absolute Gasteiger partial charge is 0.342 e. The first-order valence-corrected chi connectivity index (χ1v) is 9.63. The van der Waals surface area contributed by atoms with Gasteiger partial charge in [0.15, 0.2) is 5.82 Å². The van der Waals surface area contributed by atoms with Crippen molar-refractivity contribution in [3.8, 4) is 0 Å². The lowest BCUT2D eigenvalue weighted by atomic mass is 9.71. The highest BCUT2D eigenvalue weighted by Gasteiger charge is 2.37. The van der Waals surface area contributed by atoms with Crippen LogP contribution in [0.1, 0.15) is 89.8 Å². The molecule has 0 radical (unpaired) electrons. The van der Waals surface area contributed by atoms with Crippen molar-refractivity contribution in [1.29, 1.82) is 0 Å². The van der Waals surface area contributed by atoms with E-state index in [4.69, 9.17) is 9.51 Å². The van der Waals surface area contributed by atoms with E-state index in [0.717, 1.165) is 62.8 Å². The second kappa shape index (κ2) is 7.24. The molecule has 1 aliphatic heterocycles. The number of carbonyl (C=O) groups is 1. The zero-order valence-corrected chi connectivity index (χ0v) is 15.4. The number of hydrogen-bond donors (Lipinski definition) is 0. The van der Waals surface area contributed by atoms with E-state index >= 15 is 0 Å². The summed E-state index contributed by atoms with van der Waals surface area (Å²) in [4.78, 5) is 18.9. The summed E-state index contributed by atoms with van der Waals surface area (Å²) in [6.45, 7) is 8.24. The molecule has 24 heavy (non-hydrogen) atoms. The first-order chi connectivity index (χ1) is 11.5. The fourth-order valence-corrected chi connectivity index (χ4v) is 4.44. The second-order valence-electron chi connectivity index (χ2n) is 8.15. The predicted octanol–water partition coefficient (Wildman–Crippen LogP) is 4.04. The molecule has 3 atom stereocenters. The molecule has 1 aliphatic carbocycles. The average Bonchev–Trinajstić information content (AvgIpc) is 3.06. The van der Waals surface area contributed by atoms with E-state index in [0.29, 0.717) is 6.42 Å². The molecule has 1 saturated carbocycles. The quantitative estimate of drug-likeness (QED) is 0.834. The Labute approximate surface area is 145 Å². The summed E-state index contributed by atoms with van der Waals surface area (Å²) in [5, 5.41) is 4.34. The van der Waals surface area contributed by atoms with Crippen molar-refractivity contribution < 1.29 is 9.32 Å². The zero-order valence-electron chi connectivity index (χ0n) is 15.4. The van der Waals surface area contributed by atoms with Crippen molar-refractivity contribution in [2.24, 2.45) is 5.92 Å². The Balaban J connectivity index is 1.69. The van der Waals surface area contributed by atoms with E-state index < -0.39 is 0 Å². The van der Waals surface area contributed by atoms with Crippen LogP contribution in [-0.4, -0.2) is 34.0 Å². The lowest BCUT2D eigenvalue weighted by Gasteiger charge is -2.34. The molecule has 2 heterocycles. The van der Waals surface area contributed by atoms with Gasteiger partial charge in [0.2, 0.25) is 11.8 Å². The third-order valence-corrected chi connectivity index (χ3v) is 5.79. The van der Waals surface area contributed by atoms with Gasteiger partial charge in [-0.25, -0.2) is 0 Å². The maximum absolute atomic E-state index is 12.2. The molecule has 0 spiro atoms. The van der Waals surface area contributed by atoms with E-state index in [1.165, 1.54) is 12.8 Å². The van der Waals surface area contributed by atoms with Crippen molar-refractivity contribution in [2.75, 3.05) is 13.1 Å². The van der Waals surface area contributed by atoms with E-state index in [1.807, 2.05) is 4.90 Å². The third-order valence-electron chi connectivity index (χ3n) is 5.79. The van der Waals surface area contributed by atoms with E-state index in [-0.39, 0.29) is 17.2 Å². The van der Waals surface area contributed by atoms with Crippen LogP contribution in [0.15, 0.2) is 4.52 Å². The van der Waals surface area contributed by atoms with Crippen LogP contribution in [0.5, 0.6) is 0 Å². The van der Waals surface area contributed by atoms with Gasteiger partial charge in [0.25, 0.3) is 0 Å². The summed E-state index contributed by atoms with van der Waals surface area (Å²) >= 11 is 0. The molecule has 2 aliphatic rings. The topological polar surface area (TPSA) is 59.2 Å². The Morgan fingerprint density at radius 2 is 2.21 bits per heavy atom. The standard InChI is InChI=1S/C19H31N3O2/c1-4-7-16(23)22-11-6-9-15(13-22)17-20-18(21-24-17)19(3)10-5-8-14(2)12-19/h14-15H,4-13H2,1-3H3. The summed E-state index contributed by atoms with van der Waals surface area (Å²) in [6, 6.07) is 0. The molecular weight excluding hydrogens is 302 g/mol. The Bertz CT molecular complexity index is 571. The molecule has 1 amide bonds. The van der Waals surface area contributed by atoms with Crippen LogP contribution in [0, 0.1) is 5.92 Å². The van der Waals surface area contributed by atoms with Gasteiger partial charge >= 0.3 is 0 Å². The lowest BCUT2D eigenvalue weighted by molar-refractivity contribution is -0.132. The van der Waals surface area contributed by atoms with Gasteiger partial charge in [-0.15, -0.1) is 0 Å². The normalized spacial score (nSPS) is 31.2. The Morgan fingerprint density at radius 1 is 1.38 bits per heavy atom. The predicted molar refractivity (Wildman–Crippen MR) is 92.7 cm³/mol. The molecule has 1 aromatic rings. The maximum Gasteiger partial charge on any atom is 0.231 e. The summed E-state index contributed by atoms with van der Waals surface area (Å²) in [5.41, 5.74) is 0.0474. The Morgan fingerprint density at radius 3 is 2.96 bits per heavy atom. The van der Waals surface area contributed by atoms with Crippen LogP contribution in [0.25, 0.3) is 0 Å². The van der Waals surface area contributed by atoms with Crippen molar-refractivity contribution in [1.82, 2.24) is 15.0 Å². The number of hydrogen-bond acceptors (Lipinski definition) is 4. The zero-order chi connectivity index (χ0) is 17.2. The molecule has 2 fully saturated rings. The average molecular weight is 333 g/mol. The summed E-state index contributed by atoms with van der Waals surface area (Å²) in [7, 11) is 0. The van der Waals surface area contributed by atoms with Gasteiger partial charge in [-0.05, 0) is 38.0 Å². The minimum atomic E-state index is 0.0474. The molecule has 3 rings (SSSR count). The first-order valence-electron chi connectivity index (χ1n) is 9.63. The van der Waals surface area contributed by atoms with Crippen LogP contribution in [0.3, 0.4) is 0 Å². The fourth-order valence-electron chi connectivity index (χ4n) is 4.44. The molecule has 0 N–H and O–H groups in total. The SMILES string of the molecule is CCCC(=O)N1CCCC(c2nc(C3(C)CCCC(C)C3)no2)C1. The highest BCUT2D eigenvalue weighted by Crippen LogP contribution is 2.40. The molecule has 1 saturated heterocycles. The lowest BCUT2D eigenvalue weighted by Crippen LogP contribution is -2.39. The summed E-state index contributed by atoms with van der Waals surface area (Å²) in [6.07, 6.45) is 8.41. The molecule has 0 aromatic carbocycles. The third kappa shape index (κ3) is 3.65. The number of aromatic nitrogens is 2. The van der Waals surface area contributed by atoms with Crippen LogP contribution in [0.2, 0.25) is 0 Å². The second-order valence-corrected chi connectivity index (χ2v) is 8.15. The van der Waals surface area contributed by atoms with Gasteiger partial charge in [-0.3, -0.25) is 4.79 Å². The van der Waals surface area contributed by atoms with Crippen LogP contribution in [0.4, 0.5) is 0 Å². The van der Waals surface area contributed by atoms with Crippen LogP contribution < -0.4 is 0 Å². The van der Waals surface area contributed by atoms with Crippen molar-refractivity contribution in [2.45, 2.75) is 83.5 Å².